The first-order valence-corrected chi connectivity index (χ1v) is 4.51. The van der Waals surface area contributed by atoms with Crippen molar-refractivity contribution in [1.82, 2.24) is 24.2 Å². The topological polar surface area (TPSA) is 67.3 Å². The summed E-state index contributed by atoms with van der Waals surface area (Å²) in [5.41, 5.74) is 4.50. The number of benzene rings is 1. The first-order chi connectivity index (χ1) is 6.36. The summed E-state index contributed by atoms with van der Waals surface area (Å²) in [6.07, 6.45) is 0. The molecular formula is C7H5N5S. The quantitative estimate of drug-likeness (QED) is 0.581. The zero-order chi connectivity index (χ0) is 8.84. The van der Waals surface area contributed by atoms with Crippen molar-refractivity contribution in [1.29, 1.82) is 0 Å². The second-order valence-corrected chi connectivity index (χ2v) is 3.37. The number of H-pyrrole nitrogens is 1. The number of rotatable bonds is 0. The van der Waals surface area contributed by atoms with Crippen LogP contribution in [0.3, 0.4) is 0 Å². The largest absolute Gasteiger partial charge is 0.197 e. The van der Waals surface area contributed by atoms with Gasteiger partial charge in [-0.25, -0.2) is 0 Å². The van der Waals surface area contributed by atoms with Gasteiger partial charge in [0, 0.05) is 0 Å². The molecule has 2 heterocycles. The van der Waals surface area contributed by atoms with Crippen molar-refractivity contribution < 1.29 is 0 Å². The summed E-state index contributed by atoms with van der Waals surface area (Å²) in [4.78, 5) is 0. The van der Waals surface area contributed by atoms with Crippen LogP contribution in [0.4, 0.5) is 0 Å². The highest BCUT2D eigenvalue weighted by molar-refractivity contribution is 7.00. The third kappa shape index (κ3) is 0.803. The van der Waals surface area contributed by atoms with Gasteiger partial charge in [0.2, 0.25) is 0 Å². The van der Waals surface area contributed by atoms with Gasteiger partial charge in [-0.15, -0.1) is 0 Å². The Morgan fingerprint density at radius 2 is 2.00 bits per heavy atom. The molecule has 0 bridgehead atoms. The summed E-state index contributed by atoms with van der Waals surface area (Å²) >= 11 is 1.20. The van der Waals surface area contributed by atoms with Crippen LogP contribution in [0.5, 0.6) is 0 Å². The maximum Gasteiger partial charge on any atom is 0.141 e. The van der Waals surface area contributed by atoms with Crippen LogP contribution >= 0.6 is 11.7 Å². The van der Waals surface area contributed by atoms with Crippen LogP contribution in [0.2, 0.25) is 0 Å². The van der Waals surface area contributed by atoms with Gasteiger partial charge < -0.3 is 0 Å². The molecule has 5 nitrogen and oxygen atoms in total. The van der Waals surface area contributed by atoms with E-state index in [0.29, 0.717) is 0 Å². The number of nitrogens with one attached hydrogen (secondary N) is 1. The van der Waals surface area contributed by atoms with E-state index in [0.717, 1.165) is 27.6 Å². The number of aromatic amines is 1. The maximum absolute atomic E-state index is 4.20. The van der Waals surface area contributed by atoms with Crippen LogP contribution in [0, 0.1) is 6.92 Å². The summed E-state index contributed by atoms with van der Waals surface area (Å²) < 4.78 is 8.38. The van der Waals surface area contributed by atoms with Gasteiger partial charge >= 0.3 is 0 Å². The summed E-state index contributed by atoms with van der Waals surface area (Å²) in [6.45, 7) is 2.00. The Labute approximate surface area is 77.1 Å². The van der Waals surface area contributed by atoms with E-state index in [4.69, 9.17) is 0 Å². The fraction of sp³-hybridized carbons (Fsp3) is 0.143. The van der Waals surface area contributed by atoms with Gasteiger partial charge in [0.25, 0.3) is 0 Å². The van der Waals surface area contributed by atoms with E-state index in [-0.39, 0.29) is 0 Å². The minimum atomic E-state index is 0.800. The number of hydrogen-bond acceptors (Lipinski definition) is 5. The fourth-order valence-electron chi connectivity index (χ4n) is 1.39. The molecule has 0 fully saturated rings. The molecule has 0 aliphatic carbocycles. The van der Waals surface area contributed by atoms with Gasteiger partial charge in [0.15, 0.2) is 0 Å². The molecule has 0 radical (unpaired) electrons. The zero-order valence-electron chi connectivity index (χ0n) is 6.77. The smallest absolute Gasteiger partial charge is 0.141 e. The highest BCUT2D eigenvalue weighted by Crippen LogP contribution is 2.23. The molecule has 3 aromatic rings. The molecule has 0 saturated heterocycles. The van der Waals surface area contributed by atoms with E-state index in [1.165, 1.54) is 11.7 Å². The van der Waals surface area contributed by atoms with Gasteiger partial charge in [0.05, 0.1) is 11.7 Å². The van der Waals surface area contributed by atoms with Gasteiger partial charge in [-0.2, -0.15) is 24.2 Å². The maximum atomic E-state index is 4.20. The van der Waals surface area contributed by atoms with E-state index in [1.807, 2.05) is 13.0 Å². The standard InChI is InChI=1S/C7H5N5S/c1-3-2-4-6(9-12-8-4)7-5(3)10-13-11-7/h2H,1H3,(H,8,9,12). The molecule has 13 heavy (non-hydrogen) atoms. The van der Waals surface area contributed by atoms with Gasteiger partial charge in [-0.3, -0.25) is 0 Å². The van der Waals surface area contributed by atoms with Crippen molar-refractivity contribution in [2.45, 2.75) is 6.92 Å². The minimum Gasteiger partial charge on any atom is -0.197 e. The molecule has 0 aliphatic rings. The lowest BCUT2D eigenvalue weighted by Gasteiger charge is -1.91. The average molecular weight is 191 g/mol. The highest BCUT2D eigenvalue weighted by Gasteiger charge is 2.10. The van der Waals surface area contributed by atoms with Crippen LogP contribution in [0.15, 0.2) is 6.07 Å². The summed E-state index contributed by atoms with van der Waals surface area (Å²) in [7, 11) is 0. The van der Waals surface area contributed by atoms with Gasteiger partial charge in [0.1, 0.15) is 22.1 Å². The van der Waals surface area contributed by atoms with Gasteiger partial charge in [-0.1, -0.05) is 0 Å². The predicted molar refractivity (Wildman–Crippen MR) is 49.6 cm³/mol. The number of hydrogen-bond donors (Lipinski definition) is 1. The van der Waals surface area contributed by atoms with Gasteiger partial charge in [-0.05, 0) is 18.6 Å². The molecular weight excluding hydrogens is 186 g/mol. The van der Waals surface area contributed by atoms with E-state index in [2.05, 4.69) is 24.2 Å². The Morgan fingerprint density at radius 3 is 2.92 bits per heavy atom. The summed E-state index contributed by atoms with van der Waals surface area (Å²) in [5, 5.41) is 10.6. The van der Waals surface area contributed by atoms with Crippen molar-refractivity contribution in [3.05, 3.63) is 11.6 Å². The van der Waals surface area contributed by atoms with Crippen LogP contribution in [-0.2, 0) is 0 Å². The molecule has 0 aliphatic heterocycles. The SMILES string of the molecule is Cc1cc2n[nH]nc2c2nsnc12. The van der Waals surface area contributed by atoms with E-state index in [1.54, 1.807) is 0 Å². The number of nitrogens with zero attached hydrogens (tertiary/aromatic N) is 4. The molecule has 1 N–H and O–H groups in total. The van der Waals surface area contributed by atoms with E-state index < -0.39 is 0 Å². The van der Waals surface area contributed by atoms with E-state index in [9.17, 15) is 0 Å². The lowest BCUT2D eigenvalue weighted by atomic mass is 10.2. The summed E-state index contributed by atoms with van der Waals surface area (Å²) in [6, 6.07) is 1.96. The zero-order valence-corrected chi connectivity index (χ0v) is 7.59. The second kappa shape index (κ2) is 2.23. The van der Waals surface area contributed by atoms with E-state index >= 15 is 0 Å². The molecule has 0 spiro atoms. The van der Waals surface area contributed by atoms with Crippen LogP contribution in [0.25, 0.3) is 22.1 Å². The predicted octanol–water partition coefficient (Wildman–Crippen LogP) is 1.27. The van der Waals surface area contributed by atoms with Crippen molar-refractivity contribution in [3.8, 4) is 0 Å². The van der Waals surface area contributed by atoms with Crippen molar-refractivity contribution in [2.75, 3.05) is 0 Å². The highest BCUT2D eigenvalue weighted by atomic mass is 32.1. The van der Waals surface area contributed by atoms with Crippen LogP contribution < -0.4 is 0 Å². The molecule has 0 unspecified atom stereocenters. The third-order valence-corrected chi connectivity index (χ3v) is 2.54. The molecule has 3 rings (SSSR count). The first-order valence-electron chi connectivity index (χ1n) is 3.78. The third-order valence-electron chi connectivity index (χ3n) is 2.01. The molecule has 0 amide bonds. The Kier molecular flexibility index (Phi) is 1.18. The Hall–Kier alpha value is -1.56. The normalized spacial score (nSPS) is 11.5. The Morgan fingerprint density at radius 1 is 1.15 bits per heavy atom. The average Bonchev–Trinajstić information content (AvgIpc) is 2.66. The van der Waals surface area contributed by atoms with Crippen LogP contribution in [-0.4, -0.2) is 24.2 Å². The number of aryl methyl sites for hydroxylation is 1. The van der Waals surface area contributed by atoms with Crippen molar-refractivity contribution in [3.63, 3.8) is 0 Å². The molecule has 0 atom stereocenters. The molecule has 64 valence electrons. The fourth-order valence-corrected chi connectivity index (χ4v) is 2.00. The molecule has 0 saturated carbocycles. The van der Waals surface area contributed by atoms with Crippen molar-refractivity contribution >= 4 is 33.8 Å². The Balaban J connectivity index is 2.70. The minimum absolute atomic E-state index is 0.800. The lowest BCUT2D eigenvalue weighted by molar-refractivity contribution is 0.960. The number of fused-ring (bicyclic) bond motifs is 3. The summed E-state index contributed by atoms with van der Waals surface area (Å²) in [5.74, 6) is 0. The molecule has 6 heteroatoms. The Bertz CT molecular complexity index is 581. The van der Waals surface area contributed by atoms with Crippen molar-refractivity contribution in [2.24, 2.45) is 0 Å². The molecule has 2 aromatic heterocycles. The lowest BCUT2D eigenvalue weighted by Crippen LogP contribution is -1.79. The molecule has 1 aromatic carbocycles. The monoisotopic (exact) mass is 191 g/mol. The first kappa shape index (κ1) is 6.90. The second-order valence-electron chi connectivity index (χ2n) is 2.85. The number of aromatic nitrogens is 5. The van der Waals surface area contributed by atoms with Crippen LogP contribution in [0.1, 0.15) is 5.56 Å².